The van der Waals surface area contributed by atoms with Crippen molar-refractivity contribution in [2.45, 2.75) is 26.5 Å². The molecule has 1 aromatic rings. The fraction of sp³-hybridized carbons (Fsp3) is 0.500. The van der Waals surface area contributed by atoms with Crippen LogP contribution in [0, 0.1) is 11.6 Å². The van der Waals surface area contributed by atoms with Crippen molar-refractivity contribution in [3.05, 3.63) is 35.4 Å². The third kappa shape index (κ3) is 3.54. The van der Waals surface area contributed by atoms with Gasteiger partial charge in [0.25, 0.3) is 0 Å². The Labute approximate surface area is 94.5 Å². The minimum absolute atomic E-state index is 0.0602. The molecule has 0 aliphatic rings. The summed E-state index contributed by atoms with van der Waals surface area (Å²) in [7, 11) is 0. The van der Waals surface area contributed by atoms with Crippen LogP contribution in [0.5, 0.6) is 0 Å². The van der Waals surface area contributed by atoms with Crippen molar-refractivity contribution in [3.8, 4) is 0 Å². The van der Waals surface area contributed by atoms with Crippen LogP contribution >= 0.6 is 0 Å². The third-order valence-electron chi connectivity index (χ3n) is 2.41. The average molecular weight is 229 g/mol. The smallest absolute Gasteiger partial charge is 0.130 e. The number of nitrogens with zero attached hydrogens (tertiary/aromatic N) is 1. The molecule has 0 aliphatic carbocycles. The van der Waals surface area contributed by atoms with Crippen LogP contribution in [0.3, 0.4) is 0 Å². The first-order valence-electron chi connectivity index (χ1n) is 5.38. The highest BCUT2D eigenvalue weighted by Crippen LogP contribution is 2.14. The average Bonchev–Trinajstić information content (AvgIpc) is 2.21. The van der Waals surface area contributed by atoms with Crippen molar-refractivity contribution in [3.63, 3.8) is 0 Å². The Morgan fingerprint density at radius 1 is 1.31 bits per heavy atom. The number of hydrogen-bond donors (Lipinski definition) is 1. The molecule has 0 heterocycles. The van der Waals surface area contributed by atoms with Gasteiger partial charge in [-0.1, -0.05) is 13.0 Å². The molecule has 0 bridgehead atoms. The quantitative estimate of drug-likeness (QED) is 0.836. The molecule has 0 spiro atoms. The van der Waals surface area contributed by atoms with Crippen molar-refractivity contribution in [2.75, 3.05) is 13.1 Å². The van der Waals surface area contributed by atoms with Crippen LogP contribution in [0.25, 0.3) is 0 Å². The molecule has 0 saturated heterocycles. The first-order chi connectivity index (χ1) is 7.54. The van der Waals surface area contributed by atoms with E-state index in [1.807, 2.05) is 6.92 Å². The largest absolute Gasteiger partial charge is 0.392 e. The van der Waals surface area contributed by atoms with Crippen molar-refractivity contribution in [1.29, 1.82) is 0 Å². The van der Waals surface area contributed by atoms with Gasteiger partial charge >= 0.3 is 0 Å². The molecule has 4 heteroatoms. The second-order valence-electron chi connectivity index (χ2n) is 3.88. The molecule has 1 N–H and O–H groups in total. The highest BCUT2D eigenvalue weighted by atomic mass is 19.1. The molecule has 16 heavy (non-hydrogen) atoms. The van der Waals surface area contributed by atoms with Gasteiger partial charge in [-0.15, -0.1) is 0 Å². The Hall–Kier alpha value is -1.00. The fourth-order valence-electron chi connectivity index (χ4n) is 1.59. The molecule has 1 rings (SSSR count). The van der Waals surface area contributed by atoms with Gasteiger partial charge < -0.3 is 5.11 Å². The predicted molar refractivity (Wildman–Crippen MR) is 59.0 cm³/mol. The zero-order valence-corrected chi connectivity index (χ0v) is 9.58. The number of aliphatic hydroxyl groups excluding tert-OH is 1. The molecule has 0 aliphatic heterocycles. The maximum absolute atomic E-state index is 13.4. The summed E-state index contributed by atoms with van der Waals surface area (Å²) < 4.78 is 26.7. The highest BCUT2D eigenvalue weighted by Gasteiger charge is 2.13. The lowest BCUT2D eigenvalue weighted by molar-refractivity contribution is 0.124. The van der Waals surface area contributed by atoms with E-state index in [0.717, 1.165) is 0 Å². The summed E-state index contributed by atoms with van der Waals surface area (Å²) in [6.45, 7) is 4.77. The number of halogens is 2. The normalized spacial score (nSPS) is 13.1. The van der Waals surface area contributed by atoms with Crippen LogP contribution in [0.2, 0.25) is 0 Å². The van der Waals surface area contributed by atoms with Gasteiger partial charge in [-0.25, -0.2) is 8.78 Å². The van der Waals surface area contributed by atoms with E-state index in [2.05, 4.69) is 0 Å². The van der Waals surface area contributed by atoms with Gasteiger partial charge in [0.15, 0.2) is 0 Å². The van der Waals surface area contributed by atoms with E-state index in [9.17, 15) is 13.9 Å². The van der Waals surface area contributed by atoms with E-state index in [1.165, 1.54) is 18.2 Å². The van der Waals surface area contributed by atoms with Gasteiger partial charge in [-0.2, -0.15) is 0 Å². The van der Waals surface area contributed by atoms with Crippen LogP contribution in [0.15, 0.2) is 18.2 Å². The molecule has 1 atom stereocenters. The lowest BCUT2D eigenvalue weighted by Crippen LogP contribution is -2.31. The second-order valence-corrected chi connectivity index (χ2v) is 3.88. The molecule has 0 radical (unpaired) electrons. The van der Waals surface area contributed by atoms with E-state index in [0.29, 0.717) is 13.1 Å². The van der Waals surface area contributed by atoms with Crippen molar-refractivity contribution < 1.29 is 13.9 Å². The van der Waals surface area contributed by atoms with Gasteiger partial charge in [-0.05, 0) is 25.6 Å². The predicted octanol–water partition coefficient (Wildman–Crippen LogP) is 2.17. The third-order valence-corrected chi connectivity index (χ3v) is 2.41. The number of likely N-dealkylation sites (N-methyl/N-ethyl adjacent to an activating group) is 1. The molecule has 0 unspecified atom stereocenters. The van der Waals surface area contributed by atoms with E-state index in [-0.39, 0.29) is 12.1 Å². The first-order valence-corrected chi connectivity index (χ1v) is 5.38. The van der Waals surface area contributed by atoms with E-state index < -0.39 is 17.7 Å². The summed E-state index contributed by atoms with van der Waals surface area (Å²) in [5.41, 5.74) is 0.0602. The molecule has 2 nitrogen and oxygen atoms in total. The van der Waals surface area contributed by atoms with E-state index in [1.54, 1.807) is 11.8 Å². The standard InChI is InChI=1S/C12H17F2NO/c1-3-15(7-9(2)16)8-10-11(13)5-4-6-12(10)14/h4-6,9,16H,3,7-8H2,1-2H3/t9-/m0/s1. The summed E-state index contributed by atoms with van der Waals surface area (Å²) in [6, 6.07) is 3.84. The summed E-state index contributed by atoms with van der Waals surface area (Å²) in [5, 5.41) is 9.24. The summed E-state index contributed by atoms with van der Waals surface area (Å²) in [5.74, 6) is -1.08. The zero-order valence-electron chi connectivity index (χ0n) is 9.58. The molecular weight excluding hydrogens is 212 g/mol. The fourth-order valence-corrected chi connectivity index (χ4v) is 1.59. The summed E-state index contributed by atoms with van der Waals surface area (Å²) >= 11 is 0. The highest BCUT2D eigenvalue weighted by molar-refractivity contribution is 5.19. The Kier molecular flexibility index (Phi) is 4.83. The lowest BCUT2D eigenvalue weighted by atomic mass is 10.1. The van der Waals surface area contributed by atoms with Crippen molar-refractivity contribution >= 4 is 0 Å². The molecule has 0 aromatic heterocycles. The topological polar surface area (TPSA) is 23.5 Å². The summed E-state index contributed by atoms with van der Waals surface area (Å²) in [4.78, 5) is 1.80. The molecule has 0 saturated carbocycles. The van der Waals surface area contributed by atoms with Gasteiger partial charge in [0, 0.05) is 18.7 Å². The Morgan fingerprint density at radius 2 is 1.88 bits per heavy atom. The van der Waals surface area contributed by atoms with Gasteiger partial charge in [0.1, 0.15) is 11.6 Å². The van der Waals surface area contributed by atoms with Gasteiger partial charge in [-0.3, -0.25) is 4.90 Å². The monoisotopic (exact) mass is 229 g/mol. The maximum atomic E-state index is 13.4. The van der Waals surface area contributed by atoms with Crippen LogP contribution in [0.4, 0.5) is 8.78 Å². The Bertz CT molecular complexity index is 322. The van der Waals surface area contributed by atoms with Gasteiger partial charge in [0.2, 0.25) is 0 Å². The number of hydrogen-bond acceptors (Lipinski definition) is 2. The Balaban J connectivity index is 2.77. The summed E-state index contributed by atoms with van der Waals surface area (Å²) in [6.07, 6.45) is -0.505. The molecule has 0 amide bonds. The Morgan fingerprint density at radius 3 is 2.31 bits per heavy atom. The lowest BCUT2D eigenvalue weighted by Gasteiger charge is -2.22. The second kappa shape index (κ2) is 5.92. The van der Waals surface area contributed by atoms with Crippen LogP contribution < -0.4 is 0 Å². The number of rotatable bonds is 5. The zero-order chi connectivity index (χ0) is 12.1. The van der Waals surface area contributed by atoms with E-state index >= 15 is 0 Å². The van der Waals surface area contributed by atoms with Crippen molar-refractivity contribution in [2.24, 2.45) is 0 Å². The molecule has 0 fully saturated rings. The van der Waals surface area contributed by atoms with Crippen LogP contribution in [-0.4, -0.2) is 29.2 Å². The minimum Gasteiger partial charge on any atom is -0.392 e. The van der Waals surface area contributed by atoms with E-state index in [4.69, 9.17) is 0 Å². The molecule has 90 valence electrons. The first kappa shape index (κ1) is 13.1. The molecular formula is C12H17F2NO. The van der Waals surface area contributed by atoms with Crippen LogP contribution in [-0.2, 0) is 6.54 Å². The van der Waals surface area contributed by atoms with Crippen molar-refractivity contribution in [1.82, 2.24) is 4.90 Å². The maximum Gasteiger partial charge on any atom is 0.130 e. The number of benzene rings is 1. The van der Waals surface area contributed by atoms with Crippen LogP contribution in [0.1, 0.15) is 19.4 Å². The number of aliphatic hydroxyl groups is 1. The SMILES string of the molecule is CCN(Cc1c(F)cccc1F)C[C@H](C)O. The minimum atomic E-state index is -0.538. The van der Waals surface area contributed by atoms with Gasteiger partial charge in [0.05, 0.1) is 6.10 Å². The molecule has 1 aromatic carbocycles.